The lowest BCUT2D eigenvalue weighted by Crippen LogP contribution is -2.46. The second-order valence-electron chi connectivity index (χ2n) is 6.03. The van der Waals surface area contributed by atoms with Gasteiger partial charge in [0.1, 0.15) is 12.4 Å². The Bertz CT molecular complexity index is 842. The van der Waals surface area contributed by atoms with Crippen LogP contribution in [0.1, 0.15) is 29.0 Å². The largest absolute Gasteiger partial charge is 0.337 e. The van der Waals surface area contributed by atoms with E-state index >= 15 is 0 Å². The van der Waals surface area contributed by atoms with Gasteiger partial charge < -0.3 is 15.6 Å². The van der Waals surface area contributed by atoms with E-state index in [9.17, 15) is 9.59 Å². The topological polar surface area (TPSA) is 104 Å². The Morgan fingerprint density at radius 2 is 2.15 bits per heavy atom. The highest BCUT2D eigenvalue weighted by Crippen LogP contribution is 2.14. The van der Waals surface area contributed by atoms with Gasteiger partial charge in [-0.1, -0.05) is 36.4 Å². The minimum atomic E-state index is -0.665. The first kappa shape index (κ1) is 17.5. The van der Waals surface area contributed by atoms with Crippen LogP contribution in [0.3, 0.4) is 0 Å². The van der Waals surface area contributed by atoms with E-state index in [-0.39, 0.29) is 11.7 Å². The highest BCUT2D eigenvalue weighted by molar-refractivity contribution is 5.96. The highest BCUT2D eigenvalue weighted by atomic mass is 16.2. The van der Waals surface area contributed by atoms with E-state index in [0.29, 0.717) is 25.1 Å². The molecule has 2 N–H and O–H groups in total. The van der Waals surface area contributed by atoms with E-state index < -0.39 is 11.9 Å². The lowest BCUT2D eigenvalue weighted by atomic mass is 10.1. The van der Waals surface area contributed by atoms with E-state index in [4.69, 9.17) is 5.41 Å². The van der Waals surface area contributed by atoms with Crippen LogP contribution in [-0.2, 0) is 11.3 Å². The van der Waals surface area contributed by atoms with E-state index in [1.54, 1.807) is 11.7 Å². The molecule has 0 aliphatic carbocycles. The van der Waals surface area contributed by atoms with Crippen molar-refractivity contribution >= 4 is 18.0 Å². The fraction of sp³-hybridized carbons (Fsp3) is 0.278. The monoisotopic (exact) mass is 352 g/mol. The van der Waals surface area contributed by atoms with E-state index in [2.05, 4.69) is 15.4 Å². The average molecular weight is 352 g/mol. The van der Waals surface area contributed by atoms with Crippen LogP contribution in [0.25, 0.3) is 0 Å². The summed E-state index contributed by atoms with van der Waals surface area (Å²) in [6.45, 7) is 0.513. The summed E-state index contributed by atoms with van der Waals surface area (Å²) in [5.74, 6) is -0.711. The van der Waals surface area contributed by atoms with Crippen molar-refractivity contribution < 1.29 is 9.59 Å². The van der Waals surface area contributed by atoms with Crippen molar-refractivity contribution in [1.82, 2.24) is 25.0 Å². The van der Waals surface area contributed by atoms with E-state index in [0.717, 1.165) is 11.8 Å². The summed E-state index contributed by atoms with van der Waals surface area (Å²) in [5.41, 5.74) is 1.58. The number of carbonyl (C=O) groups is 2. The molecule has 0 bridgehead atoms. The molecular weight excluding hydrogens is 332 g/mol. The summed E-state index contributed by atoms with van der Waals surface area (Å²) in [4.78, 5) is 30.3. The number of amides is 2. The maximum atomic E-state index is 12.4. The standard InChI is InChI=1S/C18H20N6O2/c1-23-14(10-19)8-5-9-15(18(23)26)21-17(25)16-20-12-24(22-16)11-13-6-3-2-4-7-13/h2-4,6-8,10,12,15,19H,5,9,11H2,1H3,(H,21,25)/t15-/m0/s1. The molecule has 2 amide bonds. The van der Waals surface area contributed by atoms with Crippen LogP contribution in [0.15, 0.2) is 48.4 Å². The predicted molar refractivity (Wildman–Crippen MR) is 95.7 cm³/mol. The Morgan fingerprint density at radius 3 is 2.88 bits per heavy atom. The van der Waals surface area contributed by atoms with E-state index in [1.807, 2.05) is 36.4 Å². The molecule has 1 aromatic carbocycles. The van der Waals surface area contributed by atoms with Crippen LogP contribution in [-0.4, -0.2) is 50.8 Å². The highest BCUT2D eigenvalue weighted by Gasteiger charge is 2.28. The Labute approximate surface area is 151 Å². The third-order valence-corrected chi connectivity index (χ3v) is 4.20. The third kappa shape index (κ3) is 3.85. The number of benzene rings is 1. The van der Waals surface area contributed by atoms with E-state index in [1.165, 1.54) is 11.2 Å². The maximum absolute atomic E-state index is 12.4. The van der Waals surface area contributed by atoms with Crippen LogP contribution in [0.2, 0.25) is 0 Å². The molecule has 3 rings (SSSR count). The van der Waals surface area contributed by atoms with Crippen LogP contribution >= 0.6 is 0 Å². The Hall–Kier alpha value is -3.29. The van der Waals surface area contributed by atoms with Crippen molar-refractivity contribution in [2.45, 2.75) is 25.4 Å². The molecule has 8 nitrogen and oxygen atoms in total. The number of nitrogens with zero attached hydrogens (tertiary/aromatic N) is 4. The van der Waals surface area contributed by atoms with Gasteiger partial charge >= 0.3 is 0 Å². The molecule has 0 spiro atoms. The number of carbonyl (C=O) groups excluding carboxylic acids is 2. The SMILES string of the molecule is CN1C(=O)[C@@H](NC(=O)c2ncn(Cc3ccccc3)n2)CCC=C1C=N. The number of hydrogen-bond acceptors (Lipinski definition) is 5. The molecule has 1 aliphatic rings. The molecule has 2 aromatic rings. The van der Waals surface area contributed by atoms with Crippen molar-refractivity contribution in [3.63, 3.8) is 0 Å². The normalized spacial score (nSPS) is 17.4. The number of nitrogens with one attached hydrogen (secondary N) is 2. The van der Waals surface area contributed by atoms with Gasteiger partial charge in [-0.15, -0.1) is 5.10 Å². The number of likely N-dealkylation sites (N-methyl/N-ethyl adjacent to an activating group) is 1. The summed E-state index contributed by atoms with van der Waals surface area (Å²) in [6, 6.07) is 9.07. The van der Waals surface area contributed by atoms with Gasteiger partial charge in [-0.2, -0.15) is 0 Å². The molecule has 0 fully saturated rings. The van der Waals surface area contributed by atoms with Crippen molar-refractivity contribution in [3.8, 4) is 0 Å². The maximum Gasteiger partial charge on any atom is 0.291 e. The summed E-state index contributed by atoms with van der Waals surface area (Å²) in [5, 5.41) is 14.2. The fourth-order valence-corrected chi connectivity index (χ4v) is 2.78. The second kappa shape index (κ2) is 7.73. The summed E-state index contributed by atoms with van der Waals surface area (Å²) in [6.07, 6.45) is 5.51. The molecule has 0 saturated carbocycles. The molecule has 1 aliphatic heterocycles. The van der Waals surface area contributed by atoms with Gasteiger partial charge in [-0.25, -0.2) is 9.67 Å². The second-order valence-corrected chi connectivity index (χ2v) is 6.03. The molecule has 1 aromatic heterocycles. The van der Waals surface area contributed by atoms with Gasteiger partial charge in [-0.3, -0.25) is 9.59 Å². The molecule has 8 heteroatoms. The lowest BCUT2D eigenvalue weighted by Gasteiger charge is -2.21. The molecule has 26 heavy (non-hydrogen) atoms. The predicted octanol–water partition coefficient (Wildman–Crippen LogP) is 1.21. The fourth-order valence-electron chi connectivity index (χ4n) is 2.78. The zero-order valence-electron chi connectivity index (χ0n) is 14.4. The first-order valence-corrected chi connectivity index (χ1v) is 8.31. The van der Waals surface area contributed by atoms with Gasteiger partial charge in [0.15, 0.2) is 0 Å². The number of hydrogen-bond donors (Lipinski definition) is 2. The van der Waals surface area contributed by atoms with Crippen LogP contribution in [0.5, 0.6) is 0 Å². The minimum absolute atomic E-state index is 0.0286. The molecular formula is C18H20N6O2. The average Bonchev–Trinajstić information content (AvgIpc) is 3.07. The summed E-state index contributed by atoms with van der Waals surface area (Å²) >= 11 is 0. The number of aromatic nitrogens is 3. The molecule has 0 unspecified atom stereocenters. The van der Waals surface area contributed by atoms with Crippen LogP contribution in [0.4, 0.5) is 0 Å². The quantitative estimate of drug-likeness (QED) is 0.789. The molecule has 0 saturated heterocycles. The third-order valence-electron chi connectivity index (χ3n) is 4.20. The van der Waals surface area contributed by atoms with Gasteiger partial charge in [0.2, 0.25) is 11.7 Å². The van der Waals surface area contributed by atoms with Gasteiger partial charge in [0.05, 0.1) is 12.2 Å². The number of allylic oxidation sites excluding steroid dienone is 2. The van der Waals surface area contributed by atoms with Crippen LogP contribution in [0, 0.1) is 5.41 Å². The minimum Gasteiger partial charge on any atom is -0.337 e. The smallest absolute Gasteiger partial charge is 0.291 e. The van der Waals surface area contributed by atoms with Crippen molar-refractivity contribution in [2.24, 2.45) is 0 Å². The first-order valence-electron chi connectivity index (χ1n) is 8.31. The summed E-state index contributed by atoms with van der Waals surface area (Å²) < 4.78 is 1.58. The van der Waals surface area contributed by atoms with Crippen molar-refractivity contribution in [3.05, 3.63) is 59.8 Å². The Kier molecular flexibility index (Phi) is 5.21. The van der Waals surface area contributed by atoms with Crippen molar-refractivity contribution in [2.75, 3.05) is 7.05 Å². The molecule has 2 heterocycles. The van der Waals surface area contributed by atoms with Crippen molar-refractivity contribution in [1.29, 1.82) is 5.41 Å². The van der Waals surface area contributed by atoms with Gasteiger partial charge in [0.25, 0.3) is 5.91 Å². The lowest BCUT2D eigenvalue weighted by molar-refractivity contribution is -0.129. The summed E-state index contributed by atoms with van der Waals surface area (Å²) in [7, 11) is 1.59. The van der Waals surface area contributed by atoms with Gasteiger partial charge in [0, 0.05) is 13.3 Å². The van der Waals surface area contributed by atoms with Gasteiger partial charge in [-0.05, 0) is 18.4 Å². The Balaban J connectivity index is 1.65. The number of rotatable bonds is 5. The zero-order valence-corrected chi connectivity index (χ0v) is 14.4. The first-order chi connectivity index (χ1) is 12.6. The zero-order chi connectivity index (χ0) is 18.5. The van der Waals surface area contributed by atoms with Crippen LogP contribution < -0.4 is 5.32 Å². The molecule has 1 atom stereocenters. The Morgan fingerprint density at radius 1 is 1.38 bits per heavy atom. The molecule has 0 radical (unpaired) electrons. The molecule has 134 valence electrons.